The lowest BCUT2D eigenvalue weighted by atomic mass is 10.0. The summed E-state index contributed by atoms with van der Waals surface area (Å²) in [6, 6.07) is 9.48. The summed E-state index contributed by atoms with van der Waals surface area (Å²) in [4.78, 5) is 13.6. The highest BCUT2D eigenvalue weighted by Crippen LogP contribution is 2.43. The van der Waals surface area contributed by atoms with Crippen LogP contribution in [0.5, 0.6) is 5.75 Å². The van der Waals surface area contributed by atoms with Crippen LogP contribution in [0.15, 0.2) is 41.3 Å². The summed E-state index contributed by atoms with van der Waals surface area (Å²) in [6.07, 6.45) is 0.745. The molecule has 0 spiro atoms. The maximum absolute atomic E-state index is 12.7. The standard InChI is InChI=1S/C27H36Cl2N4O7S/c28-18-14-23-22(24(29)15-18)16-25(33-9-1-2-19(17-33)32-27(34)35)26(23)40-20-3-5-21(6-4-20)41(36,37)31-8-11-39-13-12-38-10-7-30/h3-6,14-15,19,25-26,31-32H,1-2,7-13,16-17,30H2,(H,34,35)/t19-,25+,26-/m1/s1. The van der Waals surface area contributed by atoms with Crippen molar-refractivity contribution in [3.8, 4) is 5.75 Å². The van der Waals surface area contributed by atoms with Crippen LogP contribution >= 0.6 is 23.2 Å². The van der Waals surface area contributed by atoms with Crippen LogP contribution < -0.4 is 20.5 Å². The van der Waals surface area contributed by atoms with E-state index in [0.29, 0.717) is 55.1 Å². The Morgan fingerprint density at radius 1 is 1.10 bits per heavy atom. The topological polar surface area (TPSA) is 152 Å². The molecule has 0 bridgehead atoms. The number of sulfonamides is 1. The van der Waals surface area contributed by atoms with E-state index in [2.05, 4.69) is 14.9 Å². The van der Waals surface area contributed by atoms with Gasteiger partial charge < -0.3 is 30.4 Å². The Bertz CT molecular complexity index is 1280. The predicted octanol–water partition coefficient (Wildman–Crippen LogP) is 3.04. The number of carboxylic acid groups (broad SMARTS) is 1. The van der Waals surface area contributed by atoms with Crippen molar-refractivity contribution in [2.45, 2.75) is 42.3 Å². The molecule has 226 valence electrons. The Morgan fingerprint density at radius 3 is 2.54 bits per heavy atom. The molecule has 41 heavy (non-hydrogen) atoms. The van der Waals surface area contributed by atoms with Gasteiger partial charge in [-0.3, -0.25) is 4.90 Å². The zero-order valence-electron chi connectivity index (χ0n) is 22.6. The monoisotopic (exact) mass is 630 g/mol. The Balaban J connectivity index is 1.42. The number of hydrogen-bond donors (Lipinski definition) is 4. The van der Waals surface area contributed by atoms with Crippen LogP contribution in [0, 0.1) is 0 Å². The molecule has 0 aromatic heterocycles. The number of nitrogens with zero attached hydrogens (tertiary/aromatic N) is 1. The number of rotatable bonds is 14. The molecule has 1 heterocycles. The third-order valence-electron chi connectivity index (χ3n) is 7.08. The summed E-state index contributed by atoms with van der Waals surface area (Å²) in [5.74, 6) is 0.487. The van der Waals surface area contributed by atoms with Crippen molar-refractivity contribution in [1.82, 2.24) is 14.9 Å². The first-order valence-corrected chi connectivity index (χ1v) is 15.7. The number of hydrogen-bond acceptors (Lipinski definition) is 8. The summed E-state index contributed by atoms with van der Waals surface area (Å²) in [5, 5.41) is 12.9. The third kappa shape index (κ3) is 8.68. The molecule has 0 unspecified atom stereocenters. The number of nitrogens with two attached hydrogens (primary N) is 1. The van der Waals surface area contributed by atoms with E-state index in [9.17, 15) is 18.3 Å². The van der Waals surface area contributed by atoms with Crippen molar-refractivity contribution in [3.05, 3.63) is 57.6 Å². The van der Waals surface area contributed by atoms with Crippen LogP contribution in [0.2, 0.25) is 10.0 Å². The average molecular weight is 632 g/mol. The highest BCUT2D eigenvalue weighted by molar-refractivity contribution is 7.89. The Labute approximate surface area is 250 Å². The fraction of sp³-hybridized carbons (Fsp3) is 0.519. The number of likely N-dealkylation sites (tertiary alicyclic amines) is 1. The van der Waals surface area contributed by atoms with E-state index in [1.54, 1.807) is 18.2 Å². The van der Waals surface area contributed by atoms with Crippen LogP contribution in [0.1, 0.15) is 30.1 Å². The van der Waals surface area contributed by atoms with Crippen LogP contribution in [-0.4, -0.2) is 89.2 Å². The number of ether oxygens (including phenoxy) is 3. The van der Waals surface area contributed by atoms with Gasteiger partial charge in [-0.2, -0.15) is 0 Å². The molecule has 2 aromatic carbocycles. The fourth-order valence-corrected chi connectivity index (χ4v) is 6.86. The summed E-state index contributed by atoms with van der Waals surface area (Å²) in [5.41, 5.74) is 7.16. The van der Waals surface area contributed by atoms with Gasteiger partial charge in [-0.1, -0.05) is 23.2 Å². The smallest absolute Gasteiger partial charge is 0.404 e. The van der Waals surface area contributed by atoms with Gasteiger partial charge in [0.2, 0.25) is 10.0 Å². The molecule has 5 N–H and O–H groups in total. The van der Waals surface area contributed by atoms with Gasteiger partial charge in [0.1, 0.15) is 11.9 Å². The van der Waals surface area contributed by atoms with E-state index < -0.39 is 22.2 Å². The quantitative estimate of drug-likeness (QED) is 0.231. The molecule has 4 rings (SSSR count). The van der Waals surface area contributed by atoms with E-state index in [1.165, 1.54) is 12.1 Å². The molecule has 1 aliphatic carbocycles. The first-order chi connectivity index (χ1) is 19.7. The summed E-state index contributed by atoms with van der Waals surface area (Å²) in [6.45, 7) is 3.29. The number of benzene rings is 2. The number of nitrogens with one attached hydrogen (secondary N) is 2. The molecule has 14 heteroatoms. The van der Waals surface area contributed by atoms with Crippen LogP contribution in [0.3, 0.4) is 0 Å². The lowest BCUT2D eigenvalue weighted by Crippen LogP contribution is -2.52. The number of halogens is 2. The molecular weight excluding hydrogens is 595 g/mol. The van der Waals surface area contributed by atoms with Gasteiger partial charge in [-0.15, -0.1) is 0 Å². The van der Waals surface area contributed by atoms with E-state index in [1.807, 2.05) is 6.07 Å². The molecule has 1 aliphatic heterocycles. The highest BCUT2D eigenvalue weighted by Gasteiger charge is 2.41. The van der Waals surface area contributed by atoms with E-state index in [-0.39, 0.29) is 30.1 Å². The maximum atomic E-state index is 12.7. The van der Waals surface area contributed by atoms with Gasteiger partial charge in [0.25, 0.3) is 0 Å². The van der Waals surface area contributed by atoms with Crippen LogP contribution in [0.25, 0.3) is 0 Å². The molecule has 2 aromatic rings. The second-order valence-electron chi connectivity index (χ2n) is 9.93. The molecule has 1 amide bonds. The average Bonchev–Trinajstić information content (AvgIpc) is 3.28. The van der Waals surface area contributed by atoms with Crippen molar-refractivity contribution in [2.75, 3.05) is 52.6 Å². The van der Waals surface area contributed by atoms with E-state index in [0.717, 1.165) is 30.5 Å². The predicted molar refractivity (Wildman–Crippen MR) is 155 cm³/mol. The number of carbonyl (C=O) groups is 1. The molecule has 2 aliphatic rings. The summed E-state index contributed by atoms with van der Waals surface area (Å²) >= 11 is 12.9. The molecule has 0 saturated carbocycles. The van der Waals surface area contributed by atoms with Crippen molar-refractivity contribution in [2.24, 2.45) is 5.73 Å². The van der Waals surface area contributed by atoms with Gasteiger partial charge in [0.15, 0.2) is 0 Å². The lowest BCUT2D eigenvalue weighted by molar-refractivity contribution is 0.0530. The first-order valence-electron chi connectivity index (χ1n) is 13.5. The zero-order chi connectivity index (χ0) is 29.4. The lowest BCUT2D eigenvalue weighted by Gasteiger charge is -2.39. The Morgan fingerprint density at radius 2 is 1.83 bits per heavy atom. The van der Waals surface area contributed by atoms with Gasteiger partial charge >= 0.3 is 6.09 Å². The minimum absolute atomic E-state index is 0.101. The number of fused-ring (bicyclic) bond motifs is 1. The Hall–Kier alpha value is -2.16. The number of amides is 1. The summed E-state index contributed by atoms with van der Waals surface area (Å²) < 4.78 is 45.0. The third-order valence-corrected chi connectivity index (χ3v) is 9.12. The van der Waals surface area contributed by atoms with E-state index >= 15 is 0 Å². The van der Waals surface area contributed by atoms with Crippen molar-refractivity contribution < 1.29 is 32.5 Å². The van der Waals surface area contributed by atoms with Gasteiger partial charge in [-0.05, 0) is 67.8 Å². The van der Waals surface area contributed by atoms with Crippen LogP contribution in [0.4, 0.5) is 4.79 Å². The molecule has 1 fully saturated rings. The van der Waals surface area contributed by atoms with Crippen LogP contribution in [-0.2, 0) is 25.9 Å². The summed E-state index contributed by atoms with van der Waals surface area (Å²) in [7, 11) is -3.74. The highest BCUT2D eigenvalue weighted by atomic mass is 35.5. The van der Waals surface area contributed by atoms with Crippen molar-refractivity contribution >= 4 is 39.3 Å². The van der Waals surface area contributed by atoms with E-state index in [4.69, 9.17) is 43.1 Å². The minimum Gasteiger partial charge on any atom is -0.484 e. The minimum atomic E-state index is -3.74. The fourth-order valence-electron chi connectivity index (χ4n) is 5.26. The number of piperidine rings is 1. The SMILES string of the molecule is NCCOCCOCCNS(=O)(=O)c1ccc(O[C@@H]2c3cc(Cl)cc(Cl)c3C[C@@H]2N2CCC[C@@H](NC(=O)O)C2)cc1. The molecule has 3 atom stereocenters. The first kappa shape index (κ1) is 31.8. The largest absolute Gasteiger partial charge is 0.484 e. The second kappa shape index (κ2) is 14.8. The molecular formula is C27H36Cl2N4O7S. The zero-order valence-corrected chi connectivity index (χ0v) is 24.9. The second-order valence-corrected chi connectivity index (χ2v) is 12.5. The van der Waals surface area contributed by atoms with Gasteiger partial charge in [-0.25, -0.2) is 17.9 Å². The van der Waals surface area contributed by atoms with Gasteiger partial charge in [0.05, 0.1) is 37.4 Å². The normalized spacial score (nSPS) is 21.0. The van der Waals surface area contributed by atoms with Crippen molar-refractivity contribution in [3.63, 3.8) is 0 Å². The molecule has 0 radical (unpaired) electrons. The Kier molecular flexibility index (Phi) is 11.5. The molecule has 11 nitrogen and oxygen atoms in total. The van der Waals surface area contributed by atoms with Crippen molar-refractivity contribution in [1.29, 1.82) is 0 Å². The maximum Gasteiger partial charge on any atom is 0.404 e. The van der Waals surface area contributed by atoms with Gasteiger partial charge in [0, 0.05) is 41.3 Å². The molecule has 1 saturated heterocycles.